The second-order valence-electron chi connectivity index (χ2n) is 7.49. The summed E-state index contributed by atoms with van der Waals surface area (Å²) in [7, 11) is 0. The van der Waals surface area contributed by atoms with E-state index in [1.54, 1.807) is 0 Å². The number of nitrogens with one attached hydrogen (secondary N) is 1. The molecule has 0 aromatic heterocycles. The van der Waals surface area contributed by atoms with E-state index in [2.05, 4.69) is 24.1 Å². The van der Waals surface area contributed by atoms with Gasteiger partial charge in [0.2, 0.25) is 5.91 Å². The van der Waals surface area contributed by atoms with Crippen molar-refractivity contribution in [2.75, 3.05) is 31.6 Å². The highest BCUT2D eigenvalue weighted by atomic mass is 16.5. The first kappa shape index (κ1) is 18.0. The number of fused-ring (bicyclic) bond motifs is 1. The Morgan fingerprint density at radius 1 is 1.28 bits per heavy atom. The number of anilines is 1. The molecule has 6 nitrogen and oxygen atoms in total. The van der Waals surface area contributed by atoms with Crippen molar-refractivity contribution in [2.45, 2.75) is 51.9 Å². The maximum absolute atomic E-state index is 12.7. The fourth-order valence-electron chi connectivity index (χ4n) is 3.45. The van der Waals surface area contributed by atoms with E-state index in [1.165, 1.54) is 0 Å². The van der Waals surface area contributed by atoms with Crippen molar-refractivity contribution in [3.63, 3.8) is 0 Å². The molecule has 2 aliphatic rings. The number of rotatable bonds is 3. The van der Waals surface area contributed by atoms with Crippen LogP contribution >= 0.6 is 0 Å². The van der Waals surface area contributed by atoms with Crippen LogP contribution < -0.4 is 14.8 Å². The van der Waals surface area contributed by atoms with Gasteiger partial charge in [0.1, 0.15) is 0 Å². The summed E-state index contributed by atoms with van der Waals surface area (Å²) in [5, 5.41) is 2.99. The van der Waals surface area contributed by atoms with Crippen molar-refractivity contribution in [1.29, 1.82) is 0 Å². The normalized spacial score (nSPS) is 24.2. The average molecular weight is 348 g/mol. The van der Waals surface area contributed by atoms with Gasteiger partial charge in [0.15, 0.2) is 11.5 Å². The summed E-state index contributed by atoms with van der Waals surface area (Å²) >= 11 is 0. The molecule has 0 saturated carbocycles. The molecule has 138 valence electrons. The van der Waals surface area contributed by atoms with Gasteiger partial charge in [0.25, 0.3) is 0 Å². The molecule has 1 saturated heterocycles. The zero-order chi connectivity index (χ0) is 18.0. The summed E-state index contributed by atoms with van der Waals surface area (Å²) in [5.41, 5.74) is 0.475. The summed E-state index contributed by atoms with van der Waals surface area (Å²) in [6, 6.07) is 5.30. The predicted molar refractivity (Wildman–Crippen MR) is 96.3 cm³/mol. The molecule has 6 heteroatoms. The molecule has 1 aromatic carbocycles. The summed E-state index contributed by atoms with van der Waals surface area (Å²) in [5.74, 6) is 1.38. The van der Waals surface area contributed by atoms with Crippen molar-refractivity contribution in [1.82, 2.24) is 4.90 Å². The number of hydrogen-bond donors (Lipinski definition) is 1. The third-order valence-electron chi connectivity index (χ3n) is 4.54. The third kappa shape index (κ3) is 4.44. The summed E-state index contributed by atoms with van der Waals surface area (Å²) in [4.78, 5) is 14.9. The van der Waals surface area contributed by atoms with Gasteiger partial charge in [-0.25, -0.2) is 0 Å². The Labute approximate surface area is 149 Å². The number of benzene rings is 1. The van der Waals surface area contributed by atoms with E-state index in [0.29, 0.717) is 19.0 Å². The fraction of sp³-hybridized carbons (Fsp3) is 0.632. The van der Waals surface area contributed by atoms with E-state index >= 15 is 0 Å². The molecule has 0 aliphatic carbocycles. The van der Waals surface area contributed by atoms with Crippen molar-refractivity contribution in [3.05, 3.63) is 18.2 Å². The van der Waals surface area contributed by atoms with Crippen molar-refractivity contribution >= 4 is 11.6 Å². The van der Waals surface area contributed by atoms with Gasteiger partial charge in [-0.1, -0.05) is 0 Å². The van der Waals surface area contributed by atoms with E-state index in [4.69, 9.17) is 14.2 Å². The van der Waals surface area contributed by atoms with Crippen molar-refractivity contribution in [2.24, 2.45) is 0 Å². The standard InChI is InChI=1S/C19H28N2O4/c1-13-11-21(12-19(3,4)25-13)14(2)18(22)20-15-6-7-16-17(10-15)24-9-5-8-23-16/h6-7,10,13-14H,5,8-9,11-12H2,1-4H3,(H,20,22). The molecule has 0 radical (unpaired) electrons. The van der Waals surface area contributed by atoms with Crippen LogP contribution in [0.5, 0.6) is 11.5 Å². The van der Waals surface area contributed by atoms with Crippen molar-refractivity contribution < 1.29 is 19.0 Å². The molecular weight excluding hydrogens is 320 g/mol. The molecule has 1 amide bonds. The summed E-state index contributed by atoms with van der Waals surface area (Å²) in [6.45, 7) is 10.9. The zero-order valence-corrected chi connectivity index (χ0v) is 15.5. The van der Waals surface area contributed by atoms with Crippen LogP contribution in [0.15, 0.2) is 18.2 Å². The first-order valence-electron chi connectivity index (χ1n) is 8.96. The van der Waals surface area contributed by atoms with Crippen LogP contribution in [0, 0.1) is 0 Å². The minimum absolute atomic E-state index is 0.0283. The monoisotopic (exact) mass is 348 g/mol. The van der Waals surface area contributed by atoms with E-state index in [1.807, 2.05) is 32.0 Å². The Bertz CT molecular complexity index is 632. The maximum atomic E-state index is 12.7. The quantitative estimate of drug-likeness (QED) is 0.910. The first-order chi connectivity index (χ1) is 11.8. The maximum Gasteiger partial charge on any atom is 0.241 e. The highest BCUT2D eigenvalue weighted by Gasteiger charge is 2.35. The highest BCUT2D eigenvalue weighted by molar-refractivity contribution is 5.94. The molecule has 2 heterocycles. The lowest BCUT2D eigenvalue weighted by molar-refractivity contribution is -0.145. The molecule has 2 unspecified atom stereocenters. The molecule has 2 atom stereocenters. The molecular formula is C19H28N2O4. The summed E-state index contributed by atoms with van der Waals surface area (Å²) in [6.07, 6.45) is 0.968. The molecule has 1 aromatic rings. The first-order valence-corrected chi connectivity index (χ1v) is 8.96. The lowest BCUT2D eigenvalue weighted by Gasteiger charge is -2.43. The van der Waals surface area contributed by atoms with Crippen LogP contribution in [0.1, 0.15) is 34.1 Å². The van der Waals surface area contributed by atoms with E-state index in [-0.39, 0.29) is 23.7 Å². The van der Waals surface area contributed by atoms with E-state index < -0.39 is 0 Å². The van der Waals surface area contributed by atoms with Gasteiger partial charge in [-0.05, 0) is 39.8 Å². The van der Waals surface area contributed by atoms with Crippen LogP contribution in [0.2, 0.25) is 0 Å². The number of hydrogen-bond acceptors (Lipinski definition) is 5. The second kappa shape index (κ2) is 7.22. The molecule has 3 rings (SSSR count). The lowest BCUT2D eigenvalue weighted by atomic mass is 10.0. The Morgan fingerprint density at radius 2 is 2.00 bits per heavy atom. The van der Waals surface area contributed by atoms with Gasteiger partial charge in [0, 0.05) is 31.3 Å². The molecule has 0 bridgehead atoms. The number of nitrogens with zero attached hydrogens (tertiary/aromatic N) is 1. The van der Waals surface area contributed by atoms with Gasteiger partial charge in [0.05, 0.1) is 31.0 Å². The Morgan fingerprint density at radius 3 is 2.72 bits per heavy atom. The Balaban J connectivity index is 1.66. The number of amides is 1. The number of carbonyl (C=O) groups is 1. The smallest absolute Gasteiger partial charge is 0.241 e. The SMILES string of the molecule is CC1CN(C(C)C(=O)Nc2ccc3c(c2)OCCCO3)CC(C)(C)O1. The van der Waals surface area contributed by atoms with Gasteiger partial charge in [-0.15, -0.1) is 0 Å². The highest BCUT2D eigenvalue weighted by Crippen LogP contribution is 2.32. The number of ether oxygens (including phenoxy) is 3. The Hall–Kier alpha value is -1.79. The molecule has 0 spiro atoms. The van der Waals surface area contributed by atoms with Gasteiger partial charge in [-0.3, -0.25) is 9.69 Å². The van der Waals surface area contributed by atoms with Crippen LogP contribution in [-0.2, 0) is 9.53 Å². The Kier molecular flexibility index (Phi) is 5.20. The van der Waals surface area contributed by atoms with Crippen molar-refractivity contribution in [3.8, 4) is 11.5 Å². The minimum atomic E-state index is -0.249. The molecule has 25 heavy (non-hydrogen) atoms. The number of carbonyl (C=O) groups excluding carboxylic acids is 1. The van der Waals surface area contributed by atoms with Crippen LogP contribution in [0.4, 0.5) is 5.69 Å². The second-order valence-corrected chi connectivity index (χ2v) is 7.49. The topological polar surface area (TPSA) is 60.0 Å². The van der Waals surface area contributed by atoms with Crippen LogP contribution in [0.25, 0.3) is 0 Å². The minimum Gasteiger partial charge on any atom is -0.490 e. The van der Waals surface area contributed by atoms with Crippen LogP contribution in [0.3, 0.4) is 0 Å². The van der Waals surface area contributed by atoms with Gasteiger partial charge < -0.3 is 19.5 Å². The molecule has 1 N–H and O–H groups in total. The molecule has 1 fully saturated rings. The lowest BCUT2D eigenvalue weighted by Crippen LogP contribution is -2.56. The predicted octanol–water partition coefficient (Wildman–Crippen LogP) is 2.67. The third-order valence-corrected chi connectivity index (χ3v) is 4.54. The van der Waals surface area contributed by atoms with Crippen LogP contribution in [-0.4, -0.2) is 54.9 Å². The van der Waals surface area contributed by atoms with E-state index in [0.717, 1.165) is 30.9 Å². The zero-order valence-electron chi connectivity index (χ0n) is 15.5. The van der Waals surface area contributed by atoms with Gasteiger partial charge in [-0.2, -0.15) is 0 Å². The summed E-state index contributed by atoms with van der Waals surface area (Å²) < 4.78 is 17.2. The number of morpholine rings is 1. The largest absolute Gasteiger partial charge is 0.490 e. The van der Waals surface area contributed by atoms with E-state index in [9.17, 15) is 4.79 Å². The average Bonchev–Trinajstić information content (AvgIpc) is 2.77. The fourth-order valence-corrected chi connectivity index (χ4v) is 3.45. The van der Waals surface area contributed by atoms with Gasteiger partial charge >= 0.3 is 0 Å². The molecule has 2 aliphatic heterocycles.